The molecule has 0 spiro atoms. The molecule has 1 N–H and O–H groups in total. The molecule has 0 radical (unpaired) electrons. The topological polar surface area (TPSA) is 56.2 Å². The molecule has 116 valence electrons. The second-order valence-electron chi connectivity index (χ2n) is 4.88. The normalized spacial score (nSPS) is 11.3. The number of allylic oxidation sites excluding steroid dienone is 1. The fourth-order valence-electron chi connectivity index (χ4n) is 1.99. The Labute approximate surface area is 130 Å². The van der Waals surface area contributed by atoms with Crippen LogP contribution in [-0.2, 0) is 0 Å². The molecule has 0 fully saturated rings. The number of unbranched alkanes of at least 4 members (excludes halogenated alkanes) is 1. The Bertz CT molecular complexity index is 616. The predicted molar refractivity (Wildman–Crippen MR) is 86.7 cm³/mol. The third-order valence-electron chi connectivity index (χ3n) is 3.27. The molecule has 0 amide bonds. The highest BCUT2D eigenvalue weighted by molar-refractivity contribution is 5.96. The third-order valence-corrected chi connectivity index (χ3v) is 3.27. The number of hydrogen-bond donors (Lipinski definition) is 1. The molecular weight excluding hydrogens is 278 g/mol. The first-order chi connectivity index (χ1) is 10.7. The number of carbonyl (C=O) groups excluding carboxylic acids is 1. The van der Waals surface area contributed by atoms with Crippen molar-refractivity contribution in [2.45, 2.75) is 19.8 Å². The van der Waals surface area contributed by atoms with Gasteiger partial charge in [-0.25, -0.2) is 4.98 Å². The molecule has 22 heavy (non-hydrogen) atoms. The van der Waals surface area contributed by atoms with Gasteiger partial charge in [0, 0.05) is 30.7 Å². The zero-order valence-corrected chi connectivity index (χ0v) is 13.0. The zero-order valence-electron chi connectivity index (χ0n) is 13.0. The summed E-state index contributed by atoms with van der Waals surface area (Å²) in [7, 11) is 1.63. The number of ether oxygens (including phenoxy) is 1. The van der Waals surface area contributed by atoms with Gasteiger partial charge in [-0.05, 0) is 36.2 Å². The van der Waals surface area contributed by atoms with E-state index >= 15 is 0 Å². The molecule has 0 aliphatic heterocycles. The summed E-state index contributed by atoms with van der Waals surface area (Å²) in [5, 5.41) is 3.33. The number of imidazole rings is 1. The highest BCUT2D eigenvalue weighted by Gasteiger charge is 2.06. The Balaban J connectivity index is 2.22. The van der Waals surface area contributed by atoms with Crippen LogP contribution in [0.2, 0.25) is 0 Å². The Kier molecular flexibility index (Phi) is 5.77. The van der Waals surface area contributed by atoms with Crippen molar-refractivity contribution in [3.63, 3.8) is 0 Å². The molecule has 5 nitrogen and oxygen atoms in total. The van der Waals surface area contributed by atoms with Gasteiger partial charge in [-0.15, -0.1) is 0 Å². The van der Waals surface area contributed by atoms with Crippen molar-refractivity contribution in [1.29, 1.82) is 0 Å². The van der Waals surface area contributed by atoms with Gasteiger partial charge in [0.05, 0.1) is 7.11 Å². The molecule has 1 aromatic heterocycles. The van der Waals surface area contributed by atoms with Gasteiger partial charge in [0.15, 0.2) is 0 Å². The van der Waals surface area contributed by atoms with Crippen LogP contribution in [-0.4, -0.2) is 29.1 Å². The van der Waals surface area contributed by atoms with E-state index in [1.807, 2.05) is 24.3 Å². The van der Waals surface area contributed by atoms with Crippen LogP contribution >= 0.6 is 0 Å². The highest BCUT2D eigenvalue weighted by atomic mass is 16.5. The molecule has 1 aromatic carbocycles. The van der Waals surface area contributed by atoms with Crippen molar-refractivity contribution in [3.05, 3.63) is 54.6 Å². The van der Waals surface area contributed by atoms with Crippen LogP contribution in [0, 0.1) is 0 Å². The average molecular weight is 299 g/mol. The number of hydrogen-bond acceptors (Lipinski definition) is 4. The first-order valence-corrected chi connectivity index (χ1v) is 7.37. The lowest BCUT2D eigenvalue weighted by molar-refractivity contribution is 0.0969. The Morgan fingerprint density at radius 1 is 1.36 bits per heavy atom. The summed E-state index contributed by atoms with van der Waals surface area (Å²) in [4.78, 5) is 16.1. The van der Waals surface area contributed by atoms with Gasteiger partial charge in [-0.3, -0.25) is 9.36 Å². The fraction of sp³-hybridized carbons (Fsp3) is 0.294. The molecule has 0 aliphatic rings. The van der Waals surface area contributed by atoms with Gasteiger partial charge in [-0.2, -0.15) is 0 Å². The number of benzene rings is 1. The lowest BCUT2D eigenvalue weighted by atomic mass is 10.1. The van der Waals surface area contributed by atoms with Crippen LogP contribution in [0.4, 0.5) is 0 Å². The first kappa shape index (κ1) is 15.8. The molecule has 0 atom stereocenters. The highest BCUT2D eigenvalue weighted by Crippen LogP contribution is 2.17. The molecule has 1 heterocycles. The van der Waals surface area contributed by atoms with E-state index in [0.717, 1.165) is 36.4 Å². The number of rotatable bonds is 7. The number of nitrogens with zero attached hydrogens (tertiary/aromatic N) is 2. The SMILES string of the molecule is CCCCN/C(=C\C(=O)n1ccnc1)c1ccc(OC)cc1. The van der Waals surface area contributed by atoms with Crippen LogP contribution in [0.15, 0.2) is 49.1 Å². The van der Waals surface area contributed by atoms with Crippen LogP contribution in [0.1, 0.15) is 30.1 Å². The second kappa shape index (κ2) is 8.02. The van der Waals surface area contributed by atoms with E-state index < -0.39 is 0 Å². The summed E-state index contributed by atoms with van der Waals surface area (Å²) in [6, 6.07) is 7.63. The third kappa shape index (κ3) is 4.22. The standard InChI is InChI=1S/C17H21N3O2/c1-3-4-9-19-16(12-17(21)20-11-10-18-13-20)14-5-7-15(22-2)8-6-14/h5-8,10-13,19H,3-4,9H2,1-2H3/b16-12-. The largest absolute Gasteiger partial charge is 0.497 e. The van der Waals surface area contributed by atoms with E-state index in [1.54, 1.807) is 25.6 Å². The smallest absolute Gasteiger partial charge is 0.257 e. The molecule has 0 unspecified atom stereocenters. The minimum absolute atomic E-state index is 0.132. The van der Waals surface area contributed by atoms with E-state index in [2.05, 4.69) is 17.2 Å². The minimum Gasteiger partial charge on any atom is -0.497 e. The Morgan fingerprint density at radius 2 is 2.14 bits per heavy atom. The van der Waals surface area contributed by atoms with Crippen LogP contribution in [0.3, 0.4) is 0 Å². The Hall–Kier alpha value is -2.56. The summed E-state index contributed by atoms with van der Waals surface area (Å²) in [5.41, 5.74) is 1.75. The number of aromatic nitrogens is 2. The van der Waals surface area contributed by atoms with Gasteiger partial charge in [0.2, 0.25) is 0 Å². The van der Waals surface area contributed by atoms with Gasteiger partial charge in [-0.1, -0.05) is 13.3 Å². The van der Waals surface area contributed by atoms with E-state index in [4.69, 9.17) is 4.74 Å². The Morgan fingerprint density at radius 3 is 2.73 bits per heavy atom. The summed E-state index contributed by atoms with van der Waals surface area (Å²) in [5.74, 6) is 0.657. The summed E-state index contributed by atoms with van der Waals surface area (Å²) >= 11 is 0. The van der Waals surface area contributed by atoms with Crippen molar-refractivity contribution in [2.24, 2.45) is 0 Å². The van der Waals surface area contributed by atoms with Gasteiger partial charge >= 0.3 is 0 Å². The molecular formula is C17H21N3O2. The van der Waals surface area contributed by atoms with Gasteiger partial charge < -0.3 is 10.1 Å². The van der Waals surface area contributed by atoms with Crippen LogP contribution in [0.25, 0.3) is 5.70 Å². The predicted octanol–water partition coefficient (Wildman–Crippen LogP) is 2.96. The lowest BCUT2D eigenvalue weighted by Crippen LogP contribution is -2.16. The molecule has 0 saturated heterocycles. The summed E-state index contributed by atoms with van der Waals surface area (Å²) < 4.78 is 6.62. The zero-order chi connectivity index (χ0) is 15.8. The molecule has 2 aromatic rings. The van der Waals surface area contributed by atoms with Gasteiger partial charge in [0.25, 0.3) is 5.91 Å². The van der Waals surface area contributed by atoms with E-state index in [-0.39, 0.29) is 5.91 Å². The van der Waals surface area contributed by atoms with Crippen LogP contribution in [0.5, 0.6) is 5.75 Å². The maximum absolute atomic E-state index is 12.2. The molecule has 0 saturated carbocycles. The van der Waals surface area contributed by atoms with Crippen molar-refractivity contribution in [3.8, 4) is 5.75 Å². The van der Waals surface area contributed by atoms with E-state index in [0.29, 0.717) is 0 Å². The molecule has 5 heteroatoms. The molecule has 0 bridgehead atoms. The monoisotopic (exact) mass is 299 g/mol. The lowest BCUT2D eigenvalue weighted by Gasteiger charge is -2.12. The van der Waals surface area contributed by atoms with E-state index in [9.17, 15) is 4.79 Å². The van der Waals surface area contributed by atoms with E-state index in [1.165, 1.54) is 10.9 Å². The van der Waals surface area contributed by atoms with Crippen molar-refractivity contribution in [2.75, 3.05) is 13.7 Å². The maximum atomic E-state index is 12.2. The van der Waals surface area contributed by atoms with Crippen molar-refractivity contribution >= 4 is 11.6 Å². The average Bonchev–Trinajstić information content (AvgIpc) is 3.09. The molecule has 0 aliphatic carbocycles. The number of carbonyl (C=O) groups is 1. The quantitative estimate of drug-likeness (QED) is 0.631. The molecule has 2 rings (SSSR count). The van der Waals surface area contributed by atoms with Crippen molar-refractivity contribution < 1.29 is 9.53 Å². The summed E-state index contributed by atoms with van der Waals surface area (Å²) in [6.45, 7) is 2.96. The maximum Gasteiger partial charge on any atom is 0.257 e. The first-order valence-electron chi connectivity index (χ1n) is 7.37. The minimum atomic E-state index is -0.132. The number of methoxy groups -OCH3 is 1. The number of nitrogens with one attached hydrogen (secondary N) is 1. The second-order valence-corrected chi connectivity index (χ2v) is 4.88. The fourth-order valence-corrected chi connectivity index (χ4v) is 1.99. The van der Waals surface area contributed by atoms with Crippen LogP contribution < -0.4 is 10.1 Å². The van der Waals surface area contributed by atoms with Gasteiger partial charge in [0.1, 0.15) is 12.1 Å². The summed E-state index contributed by atoms with van der Waals surface area (Å²) in [6.07, 6.45) is 8.46. The van der Waals surface area contributed by atoms with Crippen molar-refractivity contribution in [1.82, 2.24) is 14.9 Å².